The van der Waals surface area contributed by atoms with E-state index in [1.165, 1.54) is 6.20 Å². The number of aromatic nitrogens is 1. The third-order valence-corrected chi connectivity index (χ3v) is 3.99. The van der Waals surface area contributed by atoms with Crippen molar-refractivity contribution in [3.05, 3.63) is 22.8 Å². The molecule has 2 unspecified atom stereocenters. The highest BCUT2D eigenvalue weighted by Gasteiger charge is 2.24. The molecule has 116 valence electrons. The molecule has 1 saturated heterocycles. The minimum Gasteiger partial charge on any atom is -0.381 e. The van der Waals surface area contributed by atoms with E-state index in [0.29, 0.717) is 28.9 Å². The van der Waals surface area contributed by atoms with Gasteiger partial charge < -0.3 is 15.4 Å². The molecule has 0 aliphatic carbocycles. The maximum Gasteiger partial charge on any atom is 0.253 e. The van der Waals surface area contributed by atoms with Gasteiger partial charge in [-0.2, -0.15) is 0 Å². The Morgan fingerprint density at radius 1 is 1.62 bits per heavy atom. The van der Waals surface area contributed by atoms with Gasteiger partial charge in [-0.1, -0.05) is 18.5 Å². The molecular weight excluding hydrogens is 290 g/mol. The third-order valence-electron chi connectivity index (χ3n) is 3.69. The van der Waals surface area contributed by atoms with Gasteiger partial charge in [0.15, 0.2) is 0 Å². The van der Waals surface area contributed by atoms with Crippen LogP contribution in [0.2, 0.25) is 5.02 Å². The molecule has 1 amide bonds. The largest absolute Gasteiger partial charge is 0.381 e. The Balaban J connectivity index is 2.03. The molecule has 1 aliphatic rings. The molecule has 1 aromatic rings. The fourth-order valence-electron chi connectivity index (χ4n) is 2.31. The van der Waals surface area contributed by atoms with Crippen molar-refractivity contribution in [2.75, 3.05) is 25.1 Å². The van der Waals surface area contributed by atoms with E-state index in [-0.39, 0.29) is 11.9 Å². The monoisotopic (exact) mass is 311 g/mol. The summed E-state index contributed by atoms with van der Waals surface area (Å²) < 4.78 is 5.36. The lowest BCUT2D eigenvalue weighted by molar-refractivity contribution is 0.0922. The molecular formula is C15H22ClN3O2. The summed E-state index contributed by atoms with van der Waals surface area (Å²) in [6.07, 6.45) is 3.48. The highest BCUT2D eigenvalue weighted by Crippen LogP contribution is 2.20. The summed E-state index contributed by atoms with van der Waals surface area (Å²) in [6, 6.07) is 1.77. The Labute approximate surface area is 130 Å². The zero-order chi connectivity index (χ0) is 15.2. The van der Waals surface area contributed by atoms with Crippen molar-refractivity contribution in [3.8, 4) is 0 Å². The molecule has 0 aromatic carbocycles. The van der Waals surface area contributed by atoms with Gasteiger partial charge in [0, 0.05) is 31.3 Å². The van der Waals surface area contributed by atoms with Gasteiger partial charge in [-0.15, -0.1) is 0 Å². The molecule has 0 saturated carbocycles. The van der Waals surface area contributed by atoms with Gasteiger partial charge in [0.05, 0.1) is 17.2 Å². The summed E-state index contributed by atoms with van der Waals surface area (Å²) in [7, 11) is 0. The van der Waals surface area contributed by atoms with E-state index in [1.54, 1.807) is 6.07 Å². The van der Waals surface area contributed by atoms with Gasteiger partial charge in [0.1, 0.15) is 5.82 Å². The van der Waals surface area contributed by atoms with Crippen LogP contribution in [0.25, 0.3) is 0 Å². The van der Waals surface area contributed by atoms with Gasteiger partial charge >= 0.3 is 0 Å². The van der Waals surface area contributed by atoms with Crippen LogP contribution >= 0.6 is 11.6 Å². The zero-order valence-electron chi connectivity index (χ0n) is 12.5. The van der Waals surface area contributed by atoms with Crippen LogP contribution in [0.15, 0.2) is 12.3 Å². The second-order valence-electron chi connectivity index (χ2n) is 5.36. The fourth-order valence-corrected chi connectivity index (χ4v) is 2.50. The van der Waals surface area contributed by atoms with E-state index < -0.39 is 0 Å². The van der Waals surface area contributed by atoms with E-state index in [2.05, 4.69) is 22.5 Å². The topological polar surface area (TPSA) is 63.2 Å². The second-order valence-corrected chi connectivity index (χ2v) is 5.77. The first-order valence-electron chi connectivity index (χ1n) is 7.39. The van der Waals surface area contributed by atoms with E-state index >= 15 is 0 Å². The first kappa shape index (κ1) is 16.0. The number of halogens is 1. The van der Waals surface area contributed by atoms with Gasteiger partial charge in [0.2, 0.25) is 0 Å². The predicted molar refractivity (Wildman–Crippen MR) is 83.9 cm³/mol. The molecule has 21 heavy (non-hydrogen) atoms. The summed E-state index contributed by atoms with van der Waals surface area (Å²) in [4.78, 5) is 16.5. The Hall–Kier alpha value is -1.33. The Bertz CT molecular complexity index is 490. The highest BCUT2D eigenvalue weighted by atomic mass is 35.5. The summed E-state index contributed by atoms with van der Waals surface area (Å²) in [5, 5.41) is 6.52. The lowest BCUT2D eigenvalue weighted by atomic mass is 10.0. The molecule has 2 N–H and O–H groups in total. The molecule has 0 bridgehead atoms. The van der Waals surface area contributed by atoms with Crippen molar-refractivity contribution in [1.29, 1.82) is 0 Å². The summed E-state index contributed by atoms with van der Waals surface area (Å²) in [6.45, 7) is 6.36. The molecule has 5 nitrogen and oxygen atoms in total. The zero-order valence-corrected chi connectivity index (χ0v) is 13.2. The SMILES string of the molecule is CCCNc1cc(C(=O)NC(C)C2CCOC2)c(Cl)cn1. The number of rotatable bonds is 6. The van der Waals surface area contributed by atoms with E-state index in [0.717, 1.165) is 26.0 Å². The summed E-state index contributed by atoms with van der Waals surface area (Å²) in [5.41, 5.74) is 0.455. The standard InChI is InChI=1S/C15H22ClN3O2/c1-3-5-17-14-7-12(13(16)8-18-14)15(20)19-10(2)11-4-6-21-9-11/h7-8,10-11H,3-6,9H2,1-2H3,(H,17,18)(H,19,20). The minimum atomic E-state index is -0.165. The van der Waals surface area contributed by atoms with Gasteiger partial charge in [-0.25, -0.2) is 4.98 Å². The van der Waals surface area contributed by atoms with E-state index in [4.69, 9.17) is 16.3 Å². The number of carbonyl (C=O) groups excluding carboxylic acids is 1. The van der Waals surface area contributed by atoms with Crippen LogP contribution in [0.4, 0.5) is 5.82 Å². The average molecular weight is 312 g/mol. The van der Waals surface area contributed by atoms with Crippen LogP contribution in [0, 0.1) is 5.92 Å². The van der Waals surface area contributed by atoms with Crippen molar-refractivity contribution < 1.29 is 9.53 Å². The smallest absolute Gasteiger partial charge is 0.253 e. The molecule has 2 atom stereocenters. The van der Waals surface area contributed by atoms with Crippen LogP contribution < -0.4 is 10.6 Å². The number of nitrogens with zero attached hydrogens (tertiary/aromatic N) is 1. The highest BCUT2D eigenvalue weighted by molar-refractivity contribution is 6.33. The number of ether oxygens (including phenoxy) is 1. The fraction of sp³-hybridized carbons (Fsp3) is 0.600. The molecule has 1 aromatic heterocycles. The van der Waals surface area contributed by atoms with Crippen molar-refractivity contribution in [2.45, 2.75) is 32.7 Å². The number of anilines is 1. The van der Waals surface area contributed by atoms with Crippen molar-refractivity contribution >= 4 is 23.3 Å². The normalized spacial score (nSPS) is 19.3. The Kier molecular flexibility index (Phi) is 5.82. The van der Waals surface area contributed by atoms with Crippen LogP contribution in [0.3, 0.4) is 0 Å². The Morgan fingerprint density at radius 3 is 3.10 bits per heavy atom. The molecule has 1 fully saturated rings. The number of amides is 1. The van der Waals surface area contributed by atoms with Crippen molar-refractivity contribution in [2.24, 2.45) is 5.92 Å². The quantitative estimate of drug-likeness (QED) is 0.848. The number of hydrogen-bond acceptors (Lipinski definition) is 4. The Morgan fingerprint density at radius 2 is 2.43 bits per heavy atom. The lowest BCUT2D eigenvalue weighted by Gasteiger charge is -2.19. The number of hydrogen-bond donors (Lipinski definition) is 2. The van der Waals surface area contributed by atoms with Crippen molar-refractivity contribution in [1.82, 2.24) is 10.3 Å². The van der Waals surface area contributed by atoms with E-state index in [1.807, 2.05) is 6.92 Å². The maximum atomic E-state index is 12.4. The van der Waals surface area contributed by atoms with Gasteiger partial charge in [-0.05, 0) is 25.8 Å². The molecule has 1 aliphatic heterocycles. The first-order chi connectivity index (χ1) is 10.1. The summed E-state index contributed by atoms with van der Waals surface area (Å²) >= 11 is 6.09. The molecule has 6 heteroatoms. The predicted octanol–water partition coefficient (Wildman–Crippen LogP) is 2.71. The number of nitrogens with one attached hydrogen (secondary N) is 2. The third kappa shape index (κ3) is 4.32. The van der Waals surface area contributed by atoms with Gasteiger partial charge in [0.25, 0.3) is 5.91 Å². The number of carbonyl (C=O) groups is 1. The molecule has 2 heterocycles. The lowest BCUT2D eigenvalue weighted by Crippen LogP contribution is -2.38. The van der Waals surface area contributed by atoms with Crippen molar-refractivity contribution in [3.63, 3.8) is 0 Å². The number of pyridine rings is 1. The van der Waals surface area contributed by atoms with Crippen LogP contribution in [-0.2, 0) is 4.74 Å². The second kappa shape index (κ2) is 7.61. The molecule has 0 spiro atoms. The van der Waals surface area contributed by atoms with Crippen LogP contribution in [0.1, 0.15) is 37.0 Å². The first-order valence-corrected chi connectivity index (χ1v) is 7.77. The van der Waals surface area contributed by atoms with E-state index in [9.17, 15) is 4.79 Å². The molecule has 2 rings (SSSR count). The maximum absolute atomic E-state index is 12.4. The summed E-state index contributed by atoms with van der Waals surface area (Å²) in [5.74, 6) is 0.872. The minimum absolute atomic E-state index is 0.0660. The van der Waals surface area contributed by atoms with Crippen LogP contribution in [-0.4, -0.2) is 36.7 Å². The molecule has 0 radical (unpaired) electrons. The van der Waals surface area contributed by atoms with Gasteiger partial charge in [-0.3, -0.25) is 4.79 Å². The van der Waals surface area contributed by atoms with Crippen LogP contribution in [0.5, 0.6) is 0 Å². The average Bonchev–Trinajstić information content (AvgIpc) is 3.00.